The minimum atomic E-state index is -0.909. The molecule has 3 nitrogen and oxygen atoms in total. The summed E-state index contributed by atoms with van der Waals surface area (Å²) in [6.07, 6.45) is 0.666. The van der Waals surface area contributed by atoms with E-state index in [1.54, 1.807) is 6.08 Å². The lowest BCUT2D eigenvalue weighted by atomic mass is 10.3. The van der Waals surface area contributed by atoms with E-state index in [0.29, 0.717) is 12.4 Å². The van der Waals surface area contributed by atoms with Crippen molar-refractivity contribution in [2.75, 3.05) is 13.2 Å². The van der Waals surface area contributed by atoms with E-state index in [-0.39, 0.29) is 6.61 Å². The normalized spacial score (nSPS) is 12.1. The van der Waals surface area contributed by atoms with Gasteiger partial charge in [-0.1, -0.05) is 24.3 Å². The Morgan fingerprint density at radius 1 is 1.36 bits per heavy atom. The molecule has 1 N–H and O–H groups in total. The molecule has 0 amide bonds. The lowest BCUT2D eigenvalue weighted by Crippen LogP contribution is -2.21. The maximum atomic E-state index is 9.25. The molecule has 1 aromatic rings. The summed E-state index contributed by atoms with van der Waals surface area (Å²) in [5.41, 5.74) is 0. The van der Waals surface area contributed by atoms with Gasteiger partial charge in [-0.3, -0.25) is 0 Å². The van der Waals surface area contributed by atoms with Gasteiger partial charge in [-0.25, -0.2) is 0 Å². The molecular formula is C11H14O3. The molecule has 1 atom stereocenters. The molecule has 0 bridgehead atoms. The van der Waals surface area contributed by atoms with E-state index >= 15 is 0 Å². The van der Waals surface area contributed by atoms with Crippen LogP contribution in [0.3, 0.4) is 0 Å². The fraction of sp³-hybridized carbons (Fsp3) is 0.273. The Labute approximate surface area is 83.6 Å². The quantitative estimate of drug-likeness (QED) is 0.552. The minimum Gasteiger partial charge on any atom is -0.488 e. The van der Waals surface area contributed by atoms with Gasteiger partial charge in [0.05, 0.1) is 6.61 Å². The first-order valence-electron chi connectivity index (χ1n) is 4.41. The van der Waals surface area contributed by atoms with E-state index in [2.05, 4.69) is 6.58 Å². The third-order valence-corrected chi connectivity index (χ3v) is 1.54. The first kappa shape index (κ1) is 10.8. The maximum absolute atomic E-state index is 9.25. The van der Waals surface area contributed by atoms with E-state index in [0.717, 1.165) is 0 Å². The van der Waals surface area contributed by atoms with Crippen LogP contribution < -0.4 is 4.74 Å². The summed E-state index contributed by atoms with van der Waals surface area (Å²) >= 11 is 0. The summed E-state index contributed by atoms with van der Waals surface area (Å²) in [6.45, 7) is 3.92. The van der Waals surface area contributed by atoms with E-state index in [9.17, 15) is 5.11 Å². The number of hydrogen-bond acceptors (Lipinski definition) is 3. The predicted octanol–water partition coefficient (Wildman–Crippen LogP) is 1.59. The second-order valence-corrected chi connectivity index (χ2v) is 2.70. The summed E-state index contributed by atoms with van der Waals surface area (Å²) in [6, 6.07) is 9.27. The van der Waals surface area contributed by atoms with Crippen molar-refractivity contribution in [2.24, 2.45) is 0 Å². The largest absolute Gasteiger partial charge is 0.488 e. The van der Waals surface area contributed by atoms with Crippen molar-refractivity contribution >= 4 is 0 Å². The Morgan fingerprint density at radius 3 is 2.71 bits per heavy atom. The van der Waals surface area contributed by atoms with E-state index in [1.165, 1.54) is 0 Å². The van der Waals surface area contributed by atoms with E-state index < -0.39 is 6.29 Å². The van der Waals surface area contributed by atoms with Crippen LogP contribution >= 0.6 is 0 Å². The zero-order valence-corrected chi connectivity index (χ0v) is 7.93. The van der Waals surface area contributed by atoms with Gasteiger partial charge in [0.2, 0.25) is 0 Å². The second-order valence-electron chi connectivity index (χ2n) is 2.70. The molecule has 1 unspecified atom stereocenters. The third-order valence-electron chi connectivity index (χ3n) is 1.54. The number of aliphatic hydroxyl groups is 1. The van der Waals surface area contributed by atoms with Gasteiger partial charge in [0.25, 0.3) is 0 Å². The fourth-order valence-electron chi connectivity index (χ4n) is 0.911. The van der Waals surface area contributed by atoms with Crippen LogP contribution in [0.25, 0.3) is 0 Å². The average molecular weight is 194 g/mol. The Kier molecular flexibility index (Phi) is 4.75. The van der Waals surface area contributed by atoms with Gasteiger partial charge in [-0.2, -0.15) is 0 Å². The van der Waals surface area contributed by atoms with Crippen molar-refractivity contribution in [3.63, 3.8) is 0 Å². The van der Waals surface area contributed by atoms with Crippen LogP contribution in [0.1, 0.15) is 0 Å². The summed E-state index contributed by atoms with van der Waals surface area (Å²) in [5, 5.41) is 9.25. The molecule has 1 aromatic carbocycles. The number of rotatable bonds is 6. The van der Waals surface area contributed by atoms with Crippen LogP contribution in [0, 0.1) is 0 Å². The molecule has 14 heavy (non-hydrogen) atoms. The molecule has 76 valence electrons. The Bertz CT molecular complexity index is 258. The molecule has 0 aliphatic heterocycles. The fourth-order valence-corrected chi connectivity index (χ4v) is 0.911. The third kappa shape index (κ3) is 4.07. The first-order valence-corrected chi connectivity index (χ1v) is 4.41. The monoisotopic (exact) mass is 194 g/mol. The molecule has 0 heterocycles. The summed E-state index contributed by atoms with van der Waals surface area (Å²) in [4.78, 5) is 0. The predicted molar refractivity (Wildman–Crippen MR) is 54.1 cm³/mol. The van der Waals surface area contributed by atoms with Crippen molar-refractivity contribution in [3.05, 3.63) is 43.0 Å². The number of aliphatic hydroxyl groups excluding tert-OH is 1. The van der Waals surface area contributed by atoms with Crippen LogP contribution in [0.5, 0.6) is 5.75 Å². The lowest BCUT2D eigenvalue weighted by Gasteiger charge is -2.11. The van der Waals surface area contributed by atoms with E-state index in [1.807, 2.05) is 30.3 Å². The topological polar surface area (TPSA) is 38.7 Å². The van der Waals surface area contributed by atoms with Crippen molar-refractivity contribution in [1.29, 1.82) is 0 Å². The number of hydrogen-bond donors (Lipinski definition) is 1. The molecule has 0 saturated heterocycles. The Hall–Kier alpha value is -1.32. The zero-order valence-electron chi connectivity index (χ0n) is 7.93. The van der Waals surface area contributed by atoms with Crippen LogP contribution in [-0.4, -0.2) is 24.6 Å². The molecule has 0 aliphatic rings. The summed E-state index contributed by atoms with van der Waals surface area (Å²) < 4.78 is 10.2. The van der Waals surface area contributed by atoms with Gasteiger partial charge in [0, 0.05) is 0 Å². The Morgan fingerprint density at radius 2 is 2.07 bits per heavy atom. The van der Waals surface area contributed by atoms with Crippen LogP contribution in [-0.2, 0) is 4.74 Å². The van der Waals surface area contributed by atoms with Gasteiger partial charge >= 0.3 is 0 Å². The van der Waals surface area contributed by atoms with Gasteiger partial charge in [-0.05, 0) is 12.1 Å². The lowest BCUT2D eigenvalue weighted by molar-refractivity contribution is -0.110. The molecule has 0 aliphatic carbocycles. The zero-order chi connectivity index (χ0) is 10.2. The van der Waals surface area contributed by atoms with Gasteiger partial charge in [0.15, 0.2) is 6.29 Å². The molecule has 0 saturated carbocycles. The van der Waals surface area contributed by atoms with Crippen LogP contribution in [0.15, 0.2) is 43.0 Å². The van der Waals surface area contributed by atoms with Gasteiger partial charge in [-0.15, -0.1) is 6.58 Å². The van der Waals surface area contributed by atoms with Gasteiger partial charge in [0.1, 0.15) is 12.4 Å². The molecule has 1 rings (SSSR count). The highest BCUT2D eigenvalue weighted by Gasteiger charge is 2.03. The highest BCUT2D eigenvalue weighted by atomic mass is 16.6. The molecule has 0 fully saturated rings. The molecule has 0 radical (unpaired) electrons. The minimum absolute atomic E-state index is 0.123. The highest BCUT2D eigenvalue weighted by Crippen LogP contribution is 2.08. The highest BCUT2D eigenvalue weighted by molar-refractivity contribution is 5.20. The summed E-state index contributed by atoms with van der Waals surface area (Å²) in [5.74, 6) is 0.716. The molecule has 0 spiro atoms. The Balaban J connectivity index is 2.23. The van der Waals surface area contributed by atoms with Crippen LogP contribution in [0.2, 0.25) is 0 Å². The van der Waals surface area contributed by atoms with Crippen molar-refractivity contribution in [1.82, 2.24) is 0 Å². The summed E-state index contributed by atoms with van der Waals surface area (Å²) in [7, 11) is 0. The van der Waals surface area contributed by atoms with E-state index in [4.69, 9.17) is 9.47 Å². The smallest absolute Gasteiger partial charge is 0.189 e. The van der Waals surface area contributed by atoms with Crippen molar-refractivity contribution in [3.8, 4) is 5.75 Å². The SMILES string of the molecule is C=CCOC(O)COc1ccccc1. The number of para-hydroxylation sites is 1. The second kappa shape index (κ2) is 6.18. The molecule has 0 aromatic heterocycles. The van der Waals surface area contributed by atoms with Gasteiger partial charge < -0.3 is 14.6 Å². The molecule has 3 heteroatoms. The van der Waals surface area contributed by atoms with Crippen LogP contribution in [0.4, 0.5) is 0 Å². The standard InChI is InChI=1S/C11H14O3/c1-2-8-13-11(12)9-14-10-6-4-3-5-7-10/h2-7,11-12H,1,8-9H2. The number of ether oxygens (including phenoxy) is 2. The van der Waals surface area contributed by atoms with Crippen molar-refractivity contribution in [2.45, 2.75) is 6.29 Å². The average Bonchev–Trinajstić information content (AvgIpc) is 2.25. The number of benzene rings is 1. The maximum Gasteiger partial charge on any atom is 0.189 e. The first-order chi connectivity index (χ1) is 6.83. The molecular weight excluding hydrogens is 180 g/mol. The van der Waals surface area contributed by atoms with Crippen molar-refractivity contribution < 1.29 is 14.6 Å².